The highest BCUT2D eigenvalue weighted by Gasteiger charge is 2.05. The molecule has 0 bridgehead atoms. The molecule has 0 aliphatic rings. The molecule has 0 atom stereocenters. The van der Waals surface area contributed by atoms with Crippen molar-refractivity contribution in [1.82, 2.24) is 4.72 Å². The lowest BCUT2D eigenvalue weighted by Gasteiger charge is -1.98. The van der Waals surface area contributed by atoms with Gasteiger partial charge in [0.15, 0.2) is 0 Å². The van der Waals surface area contributed by atoms with Gasteiger partial charge < -0.3 is 5.11 Å². The molecule has 58 valence electrons. The number of hydrogen-bond acceptors (Lipinski definition) is 3. The van der Waals surface area contributed by atoms with E-state index in [0.717, 1.165) is 0 Å². The zero-order valence-electron chi connectivity index (χ0n) is 5.37. The van der Waals surface area contributed by atoms with Gasteiger partial charge in [-0.15, -0.1) is 6.42 Å². The van der Waals surface area contributed by atoms with Crippen LogP contribution in [0.5, 0.6) is 0 Å². The molecule has 5 heteroatoms. The van der Waals surface area contributed by atoms with Gasteiger partial charge in [0.25, 0.3) is 0 Å². The van der Waals surface area contributed by atoms with Gasteiger partial charge in [-0.3, -0.25) is 0 Å². The Morgan fingerprint density at radius 3 is 2.60 bits per heavy atom. The van der Waals surface area contributed by atoms with Crippen LogP contribution < -0.4 is 4.72 Å². The van der Waals surface area contributed by atoms with Crippen LogP contribution in [0.2, 0.25) is 0 Å². The number of sulfonamides is 1. The maximum atomic E-state index is 10.6. The fourth-order valence-electron chi connectivity index (χ4n) is 0.344. The molecule has 0 saturated carbocycles. The monoisotopic (exact) mass is 163 g/mol. The minimum Gasteiger partial charge on any atom is -0.395 e. The van der Waals surface area contributed by atoms with Gasteiger partial charge >= 0.3 is 0 Å². The Bertz CT molecular complexity index is 214. The Labute approximate surface area is 60.3 Å². The SMILES string of the molecule is C#CCNS(=O)(=O)CCO. The van der Waals surface area contributed by atoms with Crippen molar-refractivity contribution in [2.24, 2.45) is 0 Å². The second-order valence-corrected chi connectivity index (χ2v) is 3.49. The van der Waals surface area contributed by atoms with Crippen molar-refractivity contribution in [2.45, 2.75) is 0 Å². The summed E-state index contributed by atoms with van der Waals surface area (Å²) in [5, 5.41) is 8.23. The quantitative estimate of drug-likeness (QED) is 0.497. The van der Waals surface area contributed by atoms with E-state index in [4.69, 9.17) is 11.5 Å². The first-order valence-corrected chi connectivity index (χ1v) is 4.29. The van der Waals surface area contributed by atoms with Crippen LogP contribution in [0.3, 0.4) is 0 Å². The largest absolute Gasteiger partial charge is 0.395 e. The van der Waals surface area contributed by atoms with E-state index in [2.05, 4.69) is 10.6 Å². The zero-order valence-corrected chi connectivity index (χ0v) is 6.19. The lowest BCUT2D eigenvalue weighted by atomic mass is 10.7. The number of aliphatic hydroxyl groups excluding tert-OH is 1. The van der Waals surface area contributed by atoms with Crippen LogP contribution >= 0.6 is 0 Å². The molecule has 0 amide bonds. The second kappa shape index (κ2) is 4.28. The first kappa shape index (κ1) is 9.43. The third-order valence-electron chi connectivity index (χ3n) is 0.754. The fraction of sp³-hybridized carbons (Fsp3) is 0.600. The lowest BCUT2D eigenvalue weighted by molar-refractivity contribution is 0.319. The van der Waals surface area contributed by atoms with Gasteiger partial charge in [-0.2, -0.15) is 0 Å². The highest BCUT2D eigenvalue weighted by molar-refractivity contribution is 7.89. The van der Waals surface area contributed by atoms with Gasteiger partial charge in [0, 0.05) is 0 Å². The number of aliphatic hydroxyl groups is 1. The second-order valence-electron chi connectivity index (χ2n) is 1.57. The van der Waals surface area contributed by atoms with E-state index in [9.17, 15) is 8.42 Å². The Balaban J connectivity index is 3.80. The van der Waals surface area contributed by atoms with Gasteiger partial charge in [0.2, 0.25) is 10.0 Å². The first-order valence-electron chi connectivity index (χ1n) is 2.64. The molecule has 0 unspecified atom stereocenters. The van der Waals surface area contributed by atoms with Crippen molar-refractivity contribution in [3.05, 3.63) is 0 Å². The standard InChI is InChI=1S/C5H9NO3S/c1-2-3-6-10(8,9)5-4-7/h1,6-7H,3-5H2. The summed E-state index contributed by atoms with van der Waals surface area (Å²) in [6.07, 6.45) is 4.79. The smallest absolute Gasteiger partial charge is 0.214 e. The summed E-state index contributed by atoms with van der Waals surface area (Å²) >= 11 is 0. The minimum atomic E-state index is -3.34. The Kier molecular flexibility index (Phi) is 4.03. The van der Waals surface area contributed by atoms with E-state index in [1.807, 2.05) is 0 Å². The maximum Gasteiger partial charge on any atom is 0.214 e. The molecule has 0 aromatic carbocycles. The van der Waals surface area contributed by atoms with Crippen LogP contribution in [-0.2, 0) is 10.0 Å². The molecule has 0 rings (SSSR count). The molecule has 10 heavy (non-hydrogen) atoms. The van der Waals surface area contributed by atoms with E-state index in [1.165, 1.54) is 0 Å². The normalized spacial score (nSPS) is 10.8. The molecule has 0 aromatic heterocycles. The van der Waals surface area contributed by atoms with Crippen LogP contribution in [-0.4, -0.2) is 32.4 Å². The summed E-state index contributed by atoms with van der Waals surface area (Å²) in [6.45, 7) is -0.414. The van der Waals surface area contributed by atoms with E-state index in [1.54, 1.807) is 0 Å². The highest BCUT2D eigenvalue weighted by Crippen LogP contribution is 1.79. The van der Waals surface area contributed by atoms with Crippen molar-refractivity contribution in [1.29, 1.82) is 0 Å². The minimum absolute atomic E-state index is 0.0255. The number of hydrogen-bond donors (Lipinski definition) is 2. The maximum absolute atomic E-state index is 10.6. The van der Waals surface area contributed by atoms with Crippen LogP contribution in [0, 0.1) is 12.3 Å². The van der Waals surface area contributed by atoms with Gasteiger partial charge in [-0.1, -0.05) is 5.92 Å². The fourth-order valence-corrected chi connectivity index (χ4v) is 1.03. The van der Waals surface area contributed by atoms with Crippen molar-refractivity contribution in [3.63, 3.8) is 0 Å². The van der Waals surface area contributed by atoms with Crippen molar-refractivity contribution in [3.8, 4) is 12.3 Å². The Morgan fingerprint density at radius 1 is 1.60 bits per heavy atom. The van der Waals surface area contributed by atoms with Crippen LogP contribution in [0.25, 0.3) is 0 Å². The van der Waals surface area contributed by atoms with Crippen molar-refractivity contribution >= 4 is 10.0 Å². The predicted octanol–water partition coefficient (Wildman–Crippen LogP) is -1.47. The molecular formula is C5H9NO3S. The van der Waals surface area contributed by atoms with Crippen LogP contribution in [0.15, 0.2) is 0 Å². The first-order chi connectivity index (χ1) is 4.62. The van der Waals surface area contributed by atoms with Gasteiger partial charge in [0.05, 0.1) is 18.9 Å². The molecule has 0 aliphatic heterocycles. The molecule has 2 N–H and O–H groups in total. The third kappa shape index (κ3) is 4.32. The molecule has 0 saturated heterocycles. The lowest BCUT2D eigenvalue weighted by Crippen LogP contribution is -2.27. The summed E-state index contributed by atoms with van der Waals surface area (Å²) in [6, 6.07) is 0. The molecule has 4 nitrogen and oxygen atoms in total. The summed E-state index contributed by atoms with van der Waals surface area (Å²) in [5.41, 5.74) is 0. The summed E-state index contributed by atoms with van der Waals surface area (Å²) in [7, 11) is -3.34. The van der Waals surface area contributed by atoms with E-state index in [0.29, 0.717) is 0 Å². The predicted molar refractivity (Wildman–Crippen MR) is 37.7 cm³/mol. The third-order valence-corrected chi connectivity index (χ3v) is 2.06. The van der Waals surface area contributed by atoms with Crippen LogP contribution in [0.4, 0.5) is 0 Å². The average Bonchev–Trinajstić information content (AvgIpc) is 1.84. The van der Waals surface area contributed by atoms with E-state index >= 15 is 0 Å². The topological polar surface area (TPSA) is 66.4 Å². The summed E-state index contributed by atoms with van der Waals surface area (Å²) in [4.78, 5) is 0. The van der Waals surface area contributed by atoms with Crippen LogP contribution in [0.1, 0.15) is 0 Å². The Morgan fingerprint density at radius 2 is 2.20 bits per heavy atom. The zero-order chi connectivity index (χ0) is 8.04. The number of rotatable bonds is 4. The Hall–Kier alpha value is -0.570. The summed E-state index contributed by atoms with van der Waals surface area (Å²) in [5.74, 6) is 1.81. The van der Waals surface area contributed by atoms with Gasteiger partial charge in [-0.25, -0.2) is 13.1 Å². The molecule has 0 spiro atoms. The van der Waals surface area contributed by atoms with Gasteiger partial charge in [-0.05, 0) is 0 Å². The highest BCUT2D eigenvalue weighted by atomic mass is 32.2. The van der Waals surface area contributed by atoms with Gasteiger partial charge in [0.1, 0.15) is 0 Å². The molecule has 0 aromatic rings. The van der Waals surface area contributed by atoms with E-state index in [-0.39, 0.29) is 18.9 Å². The number of terminal acetylenes is 1. The van der Waals surface area contributed by atoms with E-state index < -0.39 is 10.0 Å². The summed E-state index contributed by atoms with van der Waals surface area (Å²) < 4.78 is 23.3. The molecule has 0 heterocycles. The molecule has 0 fully saturated rings. The molecule has 0 radical (unpaired) electrons. The van der Waals surface area contributed by atoms with Crippen molar-refractivity contribution in [2.75, 3.05) is 18.9 Å². The number of nitrogens with one attached hydrogen (secondary N) is 1. The molecular weight excluding hydrogens is 154 g/mol. The molecule has 0 aliphatic carbocycles. The average molecular weight is 163 g/mol. The van der Waals surface area contributed by atoms with Crippen molar-refractivity contribution < 1.29 is 13.5 Å².